The average molecular weight is 2360 g/mol. The van der Waals surface area contributed by atoms with Gasteiger partial charge in [-0.3, -0.25) is 19.2 Å². The third kappa shape index (κ3) is 51.5. The van der Waals surface area contributed by atoms with Crippen molar-refractivity contribution in [3.8, 4) is 46.0 Å². The number of anilines is 1. The van der Waals surface area contributed by atoms with Crippen molar-refractivity contribution < 1.29 is 161 Å². The standard InChI is InChI=1S/C11H13ClO3.C10H10Cl2O3.C10H11ClO3.2C9H9ClO3.C8H5Cl3O3.2C8H6Cl2O3.C8H10O5.C6H3Cl3N2O2.C3H4Cl2O2/c1-8-7-9(12)4-5-10(8)15-6-2-3-11(13)14;11-7-3-4-9(8(12)6-7)15-5-1-2-10(13)14;1-6-5-8(11)3-4-9(6)14-7(2)10(12)13;1-6(9(11)12)13-8-4-2-7(10)3-5-8;1-6-4-7(10)2-3-8(6)13-5-9(11)12;9-4-1-6(11)7(2-5(4)10)14-3-8(12)13;1-13-7-5(10)3-2-4(9)6(7)8(11)12;9-5-1-2-7(6(10)3-5)13-4-8(11)12;9-7(10)5-3-1-2-4(13-3)6(5)8(11)12;7-1-3(10)2(8)5(9)11-4(1)6(12)13;1-3(4,5)2(6)7/h4-5,7H,2-3,6H2,1H3,(H,13,14);3-4,6H,1-2,5H2,(H,13,14);3-5,7H,1-2H3,(H,12,13);2-6H,1H3,(H,11,12);2-4H,5H2,1H3,(H,11,12);1-2H,3H2,(H,12,13);2-3H,1H3,(H,11,12);1-3H,4H2,(H,11,12);3-6H,1-2H2,(H,9,10)(H,11,12);(H2,10,11)(H,12,13);1H3,(H,6,7)/t;;;6-;;;;;;;/m...0......./s1. The molecule has 6 atom stereocenters. The molecule has 2 aliphatic rings. The summed E-state index contributed by atoms with van der Waals surface area (Å²) >= 11 is 101. The highest BCUT2D eigenvalue weighted by atomic mass is 35.5. The summed E-state index contributed by atoms with van der Waals surface area (Å²) in [5.41, 5.74) is 7.37. The molecule has 0 amide bonds. The van der Waals surface area contributed by atoms with Crippen LogP contribution in [0.3, 0.4) is 0 Å². The zero-order valence-electron chi connectivity index (χ0n) is 74.8. The van der Waals surface area contributed by atoms with Crippen molar-refractivity contribution >= 4 is 286 Å². The number of halogens is 18. The molecule has 0 saturated carbocycles. The Balaban J connectivity index is 0.000000789. The number of methoxy groups -OCH3 is 1. The number of hydrogen-bond acceptors (Lipinski definition) is 23. The number of aromatic carboxylic acids is 2. The molecule has 780 valence electrons. The van der Waals surface area contributed by atoms with Crippen molar-refractivity contribution in [2.45, 2.75) is 109 Å². The number of nitrogen functional groups attached to an aromatic ring is 1. The predicted octanol–water partition coefficient (Wildman–Crippen LogP) is 24.7. The Morgan fingerprint density at radius 2 is 0.741 bits per heavy atom. The molecule has 0 aliphatic carbocycles. The molecule has 2 bridgehead atoms. The van der Waals surface area contributed by atoms with E-state index in [1.807, 2.05) is 26.8 Å². The maximum Gasteiger partial charge on any atom is 0.356 e. The lowest BCUT2D eigenvalue weighted by Gasteiger charge is -2.20. The normalized spacial score (nSPS) is 13.3. The van der Waals surface area contributed by atoms with E-state index in [1.54, 1.807) is 97.1 Å². The minimum Gasteiger partial charge on any atom is -0.494 e. The molecule has 8 aromatic carbocycles. The number of carbonyl (C=O) groups is 12. The first kappa shape index (κ1) is 131. The average Bonchev–Trinajstić information content (AvgIpc) is 1.62. The third-order valence-corrected chi connectivity index (χ3v) is 22.0. The molecule has 0 radical (unpaired) electrons. The van der Waals surface area contributed by atoms with Crippen LogP contribution in [-0.2, 0) is 52.7 Å². The molecule has 3 heterocycles. The number of nitrogens with zero attached hydrogens (tertiary/aromatic N) is 1. The second-order valence-corrected chi connectivity index (χ2v) is 36.3. The lowest BCUT2D eigenvalue weighted by Crippen LogP contribution is -2.38. The molecular weight excluding hydrogens is 2280 g/mol. The number of aryl methyl sites for hydroxylation is 3. The van der Waals surface area contributed by atoms with Gasteiger partial charge in [-0.1, -0.05) is 209 Å². The highest BCUT2D eigenvalue weighted by molar-refractivity contribution is 6.57. The van der Waals surface area contributed by atoms with E-state index in [-0.39, 0.29) is 89.7 Å². The van der Waals surface area contributed by atoms with Crippen LogP contribution in [0.4, 0.5) is 5.69 Å². The Kier molecular flexibility index (Phi) is 61.2. The van der Waals surface area contributed by atoms with Gasteiger partial charge in [0.15, 0.2) is 48.6 Å². The Morgan fingerprint density at radius 1 is 0.399 bits per heavy atom. The summed E-state index contributed by atoms with van der Waals surface area (Å²) in [6.45, 7) is 9.19. The summed E-state index contributed by atoms with van der Waals surface area (Å²) in [7, 11) is 1.34. The fourth-order valence-corrected chi connectivity index (χ4v) is 13.6. The molecule has 14 N–H and O–H groups in total. The Labute approximate surface area is 905 Å². The zero-order chi connectivity index (χ0) is 109. The van der Waals surface area contributed by atoms with Gasteiger partial charge in [0, 0.05) is 49.0 Å². The number of rotatable bonds is 31. The highest BCUT2D eigenvalue weighted by Gasteiger charge is 2.56. The van der Waals surface area contributed by atoms with Gasteiger partial charge in [-0.25, -0.2) is 43.3 Å². The van der Waals surface area contributed by atoms with E-state index < -0.39 is 119 Å². The first-order valence-corrected chi connectivity index (χ1v) is 46.5. The van der Waals surface area contributed by atoms with Crippen LogP contribution in [0.5, 0.6) is 46.0 Å². The van der Waals surface area contributed by atoms with Crippen molar-refractivity contribution in [2.75, 3.05) is 45.9 Å². The number of aromatic nitrogens is 1. The largest absolute Gasteiger partial charge is 0.494 e. The quantitative estimate of drug-likeness (QED) is 0.00830. The Hall–Kier alpha value is -10.1. The SMILES string of the molecule is CC(Cl)(Cl)C(=O)O.COc1c(Cl)ccc(Cl)c1C(=O)O.C[C@H](Oc1ccc(Cl)cc1)C(=O)O.Cc1cc(Cl)ccc1OC(C)C(=O)O.Cc1cc(Cl)ccc1OCC(=O)O.Cc1cc(Cl)ccc1OCCCC(=O)O.Nc1c(Cl)c(Cl)nc(C(=O)O)c1Cl.O=C(O)C1C2CCC(O2)C1C(=O)O.O=C(O)CCCOc1ccc(Cl)cc1Cl.O=C(O)COc1cc(Cl)c(Cl)cc1Cl.O=C(O)COc1ccc(Cl)cc1Cl. The maximum atomic E-state index is 10.8. The summed E-state index contributed by atoms with van der Waals surface area (Å²) in [6.07, 6.45) is 0.0589. The number of alkyl halides is 2. The van der Waals surface area contributed by atoms with E-state index in [4.69, 9.17) is 318 Å². The van der Waals surface area contributed by atoms with Crippen molar-refractivity contribution in [3.63, 3.8) is 0 Å². The predicted molar refractivity (Wildman–Crippen MR) is 542 cm³/mol. The van der Waals surface area contributed by atoms with Crippen LogP contribution in [-0.4, -0.2) is 207 Å². The number of aliphatic carboxylic acids is 10. The Morgan fingerprint density at radius 3 is 1.10 bits per heavy atom. The summed E-state index contributed by atoms with van der Waals surface area (Å²) in [5.74, 6) is -10.8. The number of carboxylic acids is 12. The van der Waals surface area contributed by atoms with Crippen LogP contribution >= 0.6 is 209 Å². The molecule has 0 spiro atoms. The molecule has 2 fully saturated rings. The third-order valence-electron chi connectivity index (χ3n) is 16.9. The van der Waals surface area contributed by atoms with Gasteiger partial charge in [0.05, 0.1) is 90.2 Å². The van der Waals surface area contributed by atoms with Crippen LogP contribution in [0.15, 0.2) is 140 Å². The molecule has 2 saturated heterocycles. The number of carboxylic acid groups (broad SMARTS) is 12. The number of nitrogens with two attached hydrogens (primary N) is 1. The molecule has 9 aromatic rings. The van der Waals surface area contributed by atoms with Gasteiger partial charge in [0.2, 0.25) is 4.33 Å². The van der Waals surface area contributed by atoms with E-state index >= 15 is 0 Å². The van der Waals surface area contributed by atoms with Crippen molar-refractivity contribution in [1.82, 2.24) is 4.98 Å². The minimum atomic E-state index is -1.64. The monoisotopic (exact) mass is 2350 g/mol. The van der Waals surface area contributed by atoms with E-state index in [2.05, 4.69) is 4.98 Å². The van der Waals surface area contributed by atoms with E-state index in [0.29, 0.717) is 113 Å². The molecule has 35 nitrogen and oxygen atoms in total. The van der Waals surface area contributed by atoms with Gasteiger partial charge in [0.1, 0.15) is 50.8 Å². The maximum absolute atomic E-state index is 10.8. The van der Waals surface area contributed by atoms with Crippen LogP contribution in [0, 0.1) is 32.6 Å². The van der Waals surface area contributed by atoms with Gasteiger partial charge < -0.3 is 110 Å². The summed E-state index contributed by atoms with van der Waals surface area (Å²) in [5, 5.41) is 107. The summed E-state index contributed by atoms with van der Waals surface area (Å²) in [6, 6.07) is 37.1. The van der Waals surface area contributed by atoms with Gasteiger partial charge in [-0.05, 0) is 217 Å². The lowest BCUT2D eigenvalue weighted by molar-refractivity contribution is -0.154. The molecule has 143 heavy (non-hydrogen) atoms. The topological polar surface area (TPSA) is 570 Å². The number of benzene rings is 8. The van der Waals surface area contributed by atoms with Gasteiger partial charge in [-0.2, -0.15) is 0 Å². The van der Waals surface area contributed by atoms with E-state index in [1.165, 1.54) is 64.3 Å². The Bertz CT molecular complexity index is 5670. The molecule has 11 rings (SSSR count). The molecule has 53 heteroatoms. The molecule has 2 aliphatic heterocycles. The van der Waals surface area contributed by atoms with Crippen molar-refractivity contribution in [1.29, 1.82) is 0 Å². The van der Waals surface area contributed by atoms with Gasteiger partial charge >= 0.3 is 71.6 Å². The van der Waals surface area contributed by atoms with Crippen LogP contribution in [0.2, 0.25) is 80.5 Å². The van der Waals surface area contributed by atoms with Crippen molar-refractivity contribution in [3.05, 3.63) is 248 Å². The van der Waals surface area contributed by atoms with Crippen LogP contribution < -0.4 is 43.6 Å². The zero-order valence-corrected chi connectivity index (χ0v) is 88.4. The van der Waals surface area contributed by atoms with Gasteiger partial charge in [0.25, 0.3) is 0 Å². The minimum absolute atomic E-state index is 0.0448. The first-order chi connectivity index (χ1) is 66.5. The smallest absolute Gasteiger partial charge is 0.356 e. The first-order valence-electron chi connectivity index (χ1n) is 39.7. The lowest BCUT2D eigenvalue weighted by atomic mass is 9.79. The van der Waals surface area contributed by atoms with Crippen LogP contribution in [0.25, 0.3) is 0 Å². The van der Waals surface area contributed by atoms with Crippen molar-refractivity contribution in [2.24, 2.45) is 11.8 Å². The number of hydrogen-bond donors (Lipinski definition) is 13. The fourth-order valence-electron chi connectivity index (χ4n) is 10.2. The summed E-state index contributed by atoms with van der Waals surface area (Å²) in [4.78, 5) is 128. The molecule has 5 unspecified atom stereocenters. The number of pyridine rings is 1. The molecule has 1 aromatic heterocycles. The number of ether oxygens (including phenoxy) is 9. The van der Waals surface area contributed by atoms with Crippen LogP contribution in [0.1, 0.15) is 96.8 Å². The van der Waals surface area contributed by atoms with E-state index in [9.17, 15) is 57.5 Å². The number of fused-ring (bicyclic) bond motifs is 2. The highest BCUT2D eigenvalue weighted by Crippen LogP contribution is 2.44. The van der Waals surface area contributed by atoms with E-state index in [0.717, 1.165) is 22.4 Å². The second kappa shape index (κ2) is 66.9. The second-order valence-electron chi connectivity index (χ2n) is 28.0. The fraction of sp³-hybridized carbons (Fsp3) is 0.278. The summed E-state index contributed by atoms with van der Waals surface area (Å²) < 4.78 is 44.1. The van der Waals surface area contributed by atoms with Gasteiger partial charge in [-0.15, -0.1) is 0 Å². The molecular formula is C90H86Cl18N2O33.